The molecule has 0 aliphatic carbocycles. The molecule has 2 aromatic rings. The molecule has 0 bridgehead atoms. The molecule has 0 fully saturated rings. The van der Waals surface area contributed by atoms with Gasteiger partial charge in [0.05, 0.1) is 42.1 Å². The SMILES string of the molecule is CCCOc1ccccc1C(=O)Nc1c(CC(N)=O)n[nH]c1CC(N)=O. The van der Waals surface area contributed by atoms with Gasteiger partial charge in [-0.05, 0) is 18.6 Å². The number of carbonyl (C=O) groups excluding carboxylic acids is 3. The van der Waals surface area contributed by atoms with Crippen molar-refractivity contribution in [1.82, 2.24) is 10.2 Å². The Morgan fingerprint density at radius 1 is 1.15 bits per heavy atom. The van der Waals surface area contributed by atoms with Crippen LogP contribution in [0.3, 0.4) is 0 Å². The maximum atomic E-state index is 12.7. The summed E-state index contributed by atoms with van der Waals surface area (Å²) >= 11 is 0. The minimum Gasteiger partial charge on any atom is -0.493 e. The fraction of sp³-hybridized carbons (Fsp3) is 0.294. The highest BCUT2D eigenvalue weighted by Crippen LogP contribution is 2.24. The van der Waals surface area contributed by atoms with Gasteiger partial charge in [-0.1, -0.05) is 19.1 Å². The average Bonchev–Trinajstić information content (AvgIpc) is 2.93. The Labute approximate surface area is 150 Å². The molecule has 0 unspecified atom stereocenters. The zero-order valence-corrected chi connectivity index (χ0v) is 14.4. The van der Waals surface area contributed by atoms with E-state index in [4.69, 9.17) is 16.2 Å². The second-order valence-corrected chi connectivity index (χ2v) is 5.61. The zero-order valence-electron chi connectivity index (χ0n) is 14.4. The summed E-state index contributed by atoms with van der Waals surface area (Å²) in [6.45, 7) is 2.43. The predicted molar refractivity (Wildman–Crippen MR) is 94.6 cm³/mol. The first-order chi connectivity index (χ1) is 12.4. The molecular weight excluding hydrogens is 338 g/mol. The highest BCUT2D eigenvalue weighted by molar-refractivity contribution is 6.07. The molecule has 1 aromatic carbocycles. The number of hydrogen-bond donors (Lipinski definition) is 4. The molecule has 3 amide bonds. The number of aromatic amines is 1. The van der Waals surface area contributed by atoms with Crippen molar-refractivity contribution >= 4 is 23.4 Å². The van der Waals surface area contributed by atoms with Gasteiger partial charge in [0.25, 0.3) is 5.91 Å². The molecule has 6 N–H and O–H groups in total. The molecule has 1 heterocycles. The number of nitrogens with one attached hydrogen (secondary N) is 2. The lowest BCUT2D eigenvalue weighted by atomic mass is 10.1. The molecule has 0 spiro atoms. The van der Waals surface area contributed by atoms with Gasteiger partial charge in [-0.25, -0.2) is 0 Å². The van der Waals surface area contributed by atoms with Crippen molar-refractivity contribution in [2.75, 3.05) is 11.9 Å². The molecule has 9 nitrogen and oxygen atoms in total. The van der Waals surface area contributed by atoms with Crippen molar-refractivity contribution in [2.24, 2.45) is 11.5 Å². The molecule has 26 heavy (non-hydrogen) atoms. The lowest BCUT2D eigenvalue weighted by Gasteiger charge is -2.12. The summed E-state index contributed by atoms with van der Waals surface area (Å²) < 4.78 is 5.58. The third kappa shape index (κ3) is 4.82. The fourth-order valence-electron chi connectivity index (χ4n) is 2.34. The summed E-state index contributed by atoms with van der Waals surface area (Å²) in [5.74, 6) is -1.26. The van der Waals surface area contributed by atoms with Crippen LogP contribution in [0.5, 0.6) is 5.75 Å². The van der Waals surface area contributed by atoms with Gasteiger partial charge in [0, 0.05) is 0 Å². The van der Waals surface area contributed by atoms with Gasteiger partial charge in [0.1, 0.15) is 5.75 Å². The fourth-order valence-corrected chi connectivity index (χ4v) is 2.34. The van der Waals surface area contributed by atoms with Crippen LogP contribution >= 0.6 is 0 Å². The van der Waals surface area contributed by atoms with E-state index in [0.717, 1.165) is 6.42 Å². The van der Waals surface area contributed by atoms with Gasteiger partial charge in [-0.15, -0.1) is 0 Å². The highest BCUT2D eigenvalue weighted by atomic mass is 16.5. The lowest BCUT2D eigenvalue weighted by molar-refractivity contribution is -0.118. The van der Waals surface area contributed by atoms with Gasteiger partial charge in [0.15, 0.2) is 0 Å². The molecule has 0 aliphatic rings. The summed E-state index contributed by atoms with van der Waals surface area (Å²) in [5.41, 5.74) is 11.5. The Morgan fingerprint density at radius 3 is 2.50 bits per heavy atom. The molecule has 138 valence electrons. The van der Waals surface area contributed by atoms with E-state index in [0.29, 0.717) is 23.6 Å². The number of aromatic nitrogens is 2. The standard InChI is InChI=1S/C17H21N5O4/c1-2-7-26-13-6-4-3-5-10(13)17(25)20-16-11(8-14(18)23)21-22-12(16)9-15(19)24/h3-6H,2,7-9H2,1H3,(H2,18,23)(H2,19,24)(H,20,25)(H,21,22). The minimum atomic E-state index is -0.621. The van der Waals surface area contributed by atoms with Crippen molar-refractivity contribution in [2.45, 2.75) is 26.2 Å². The van der Waals surface area contributed by atoms with E-state index in [1.807, 2.05) is 6.92 Å². The van der Waals surface area contributed by atoms with Crippen LogP contribution in [0.15, 0.2) is 24.3 Å². The van der Waals surface area contributed by atoms with Crippen LogP contribution in [-0.2, 0) is 22.4 Å². The second-order valence-electron chi connectivity index (χ2n) is 5.61. The number of nitrogens with two attached hydrogens (primary N) is 2. The first-order valence-corrected chi connectivity index (χ1v) is 8.08. The summed E-state index contributed by atoms with van der Waals surface area (Å²) in [6, 6.07) is 6.77. The smallest absolute Gasteiger partial charge is 0.259 e. The number of anilines is 1. The number of carbonyl (C=O) groups is 3. The monoisotopic (exact) mass is 359 g/mol. The van der Waals surface area contributed by atoms with E-state index in [9.17, 15) is 14.4 Å². The highest BCUT2D eigenvalue weighted by Gasteiger charge is 2.20. The quantitative estimate of drug-likeness (QED) is 0.513. The molecule has 9 heteroatoms. The molecular formula is C17H21N5O4. The van der Waals surface area contributed by atoms with Gasteiger partial charge in [-0.2, -0.15) is 5.10 Å². The number of rotatable bonds is 9. The molecule has 0 radical (unpaired) electrons. The van der Waals surface area contributed by atoms with Gasteiger partial charge >= 0.3 is 0 Å². The first kappa shape index (κ1) is 19.0. The normalized spacial score (nSPS) is 10.3. The number of primary amides is 2. The van der Waals surface area contributed by atoms with Crippen LogP contribution in [0, 0.1) is 0 Å². The van der Waals surface area contributed by atoms with E-state index in [2.05, 4.69) is 15.5 Å². The minimum absolute atomic E-state index is 0.171. The number of amides is 3. The largest absolute Gasteiger partial charge is 0.493 e. The van der Waals surface area contributed by atoms with E-state index in [-0.39, 0.29) is 24.2 Å². The van der Waals surface area contributed by atoms with Crippen LogP contribution in [-0.4, -0.2) is 34.5 Å². The van der Waals surface area contributed by atoms with Gasteiger partial charge in [0.2, 0.25) is 11.8 Å². The number of nitrogens with zero attached hydrogens (tertiary/aromatic N) is 1. The van der Waals surface area contributed by atoms with Crippen molar-refractivity contribution in [3.63, 3.8) is 0 Å². The average molecular weight is 359 g/mol. The molecule has 0 atom stereocenters. The number of H-pyrrole nitrogens is 1. The van der Waals surface area contributed by atoms with Crippen molar-refractivity contribution < 1.29 is 19.1 Å². The summed E-state index contributed by atoms with van der Waals surface area (Å²) in [7, 11) is 0. The zero-order chi connectivity index (χ0) is 19.1. The number of benzene rings is 1. The Hall–Kier alpha value is -3.36. The van der Waals surface area contributed by atoms with E-state index < -0.39 is 17.7 Å². The van der Waals surface area contributed by atoms with Crippen molar-refractivity contribution in [3.8, 4) is 5.75 Å². The van der Waals surface area contributed by atoms with Crippen molar-refractivity contribution in [1.29, 1.82) is 0 Å². The van der Waals surface area contributed by atoms with Crippen LogP contribution in [0.1, 0.15) is 35.1 Å². The topological polar surface area (TPSA) is 153 Å². The number of hydrogen-bond acceptors (Lipinski definition) is 5. The van der Waals surface area contributed by atoms with Crippen molar-refractivity contribution in [3.05, 3.63) is 41.2 Å². The third-order valence-corrected chi connectivity index (χ3v) is 3.44. The third-order valence-electron chi connectivity index (χ3n) is 3.44. The Kier molecular flexibility index (Phi) is 6.31. The summed E-state index contributed by atoms with van der Waals surface area (Å²) in [4.78, 5) is 35.2. The molecule has 0 aliphatic heterocycles. The lowest BCUT2D eigenvalue weighted by Crippen LogP contribution is -2.20. The van der Waals surface area contributed by atoms with Crippen LogP contribution in [0.4, 0.5) is 5.69 Å². The van der Waals surface area contributed by atoms with E-state index in [1.54, 1.807) is 24.3 Å². The Morgan fingerprint density at radius 2 is 1.85 bits per heavy atom. The molecule has 0 saturated carbocycles. The second kappa shape index (κ2) is 8.65. The van der Waals surface area contributed by atoms with E-state index >= 15 is 0 Å². The molecule has 2 rings (SSSR count). The summed E-state index contributed by atoms with van der Waals surface area (Å²) in [6.07, 6.45) is 0.428. The predicted octanol–water partition coefficient (Wildman–Crippen LogP) is 0.506. The Balaban J connectivity index is 2.31. The number of ether oxygens (including phenoxy) is 1. The van der Waals surface area contributed by atoms with Gasteiger partial charge < -0.3 is 21.5 Å². The maximum absolute atomic E-state index is 12.7. The molecule has 1 aromatic heterocycles. The number of para-hydroxylation sites is 1. The first-order valence-electron chi connectivity index (χ1n) is 8.08. The summed E-state index contributed by atoms with van der Waals surface area (Å²) in [5, 5.41) is 9.24. The van der Waals surface area contributed by atoms with Gasteiger partial charge in [-0.3, -0.25) is 19.5 Å². The van der Waals surface area contributed by atoms with Crippen LogP contribution in [0.2, 0.25) is 0 Å². The van der Waals surface area contributed by atoms with Crippen LogP contribution in [0.25, 0.3) is 0 Å². The molecule has 0 saturated heterocycles. The Bertz CT molecular complexity index is 782. The van der Waals surface area contributed by atoms with Crippen LogP contribution < -0.4 is 21.5 Å². The maximum Gasteiger partial charge on any atom is 0.259 e. The van der Waals surface area contributed by atoms with E-state index in [1.165, 1.54) is 0 Å².